The van der Waals surface area contributed by atoms with Crippen molar-refractivity contribution in [2.75, 3.05) is 19.6 Å². The Bertz CT molecular complexity index is 428. The standard InChI is InChI=1S/C14H19FN2O/c1-10-4-5-12(15)7-13(10)14(18)17-9-11-3-2-6-16-8-11/h4-5,7,11,16H,2-3,6,8-9H2,1H3,(H,17,18). The molecular formula is C14H19FN2O. The van der Waals surface area contributed by atoms with E-state index in [0.717, 1.165) is 31.5 Å². The van der Waals surface area contributed by atoms with Crippen LogP contribution < -0.4 is 10.6 Å². The van der Waals surface area contributed by atoms with Crippen LogP contribution in [0, 0.1) is 18.7 Å². The fourth-order valence-corrected chi connectivity index (χ4v) is 2.27. The van der Waals surface area contributed by atoms with Gasteiger partial charge >= 0.3 is 0 Å². The molecule has 1 atom stereocenters. The predicted octanol–water partition coefficient (Wildman–Crippen LogP) is 1.86. The summed E-state index contributed by atoms with van der Waals surface area (Å²) in [5.74, 6) is -0.0702. The van der Waals surface area contributed by atoms with Gasteiger partial charge in [-0.15, -0.1) is 0 Å². The van der Waals surface area contributed by atoms with E-state index in [-0.39, 0.29) is 11.7 Å². The molecule has 2 N–H and O–H groups in total. The van der Waals surface area contributed by atoms with Gasteiger partial charge in [0.05, 0.1) is 0 Å². The van der Waals surface area contributed by atoms with Gasteiger partial charge < -0.3 is 10.6 Å². The van der Waals surface area contributed by atoms with Crippen LogP contribution in [0.5, 0.6) is 0 Å². The number of hydrogen-bond donors (Lipinski definition) is 2. The number of hydrogen-bond acceptors (Lipinski definition) is 2. The van der Waals surface area contributed by atoms with Crippen molar-refractivity contribution in [3.8, 4) is 0 Å². The quantitative estimate of drug-likeness (QED) is 0.859. The van der Waals surface area contributed by atoms with Gasteiger partial charge in [0.1, 0.15) is 5.82 Å². The minimum absolute atomic E-state index is 0.183. The summed E-state index contributed by atoms with van der Waals surface area (Å²) in [6.45, 7) is 4.48. The molecule has 1 fully saturated rings. The van der Waals surface area contributed by atoms with E-state index < -0.39 is 0 Å². The molecular weight excluding hydrogens is 231 g/mol. The van der Waals surface area contributed by atoms with E-state index in [2.05, 4.69) is 10.6 Å². The van der Waals surface area contributed by atoms with Gasteiger partial charge in [0.2, 0.25) is 0 Å². The lowest BCUT2D eigenvalue weighted by atomic mass is 9.99. The third-order valence-electron chi connectivity index (χ3n) is 3.39. The van der Waals surface area contributed by atoms with Crippen molar-refractivity contribution in [1.29, 1.82) is 0 Å². The van der Waals surface area contributed by atoms with Crippen molar-refractivity contribution < 1.29 is 9.18 Å². The van der Waals surface area contributed by atoms with Crippen LogP contribution in [0.3, 0.4) is 0 Å². The highest BCUT2D eigenvalue weighted by atomic mass is 19.1. The van der Waals surface area contributed by atoms with Gasteiger partial charge in [-0.1, -0.05) is 6.07 Å². The lowest BCUT2D eigenvalue weighted by Crippen LogP contribution is -2.38. The lowest BCUT2D eigenvalue weighted by molar-refractivity contribution is 0.0944. The molecule has 0 aliphatic carbocycles. The number of nitrogens with one attached hydrogen (secondary N) is 2. The summed E-state index contributed by atoms with van der Waals surface area (Å²) < 4.78 is 13.1. The molecule has 98 valence electrons. The fourth-order valence-electron chi connectivity index (χ4n) is 2.27. The minimum atomic E-state index is -0.370. The lowest BCUT2D eigenvalue weighted by Gasteiger charge is -2.23. The van der Waals surface area contributed by atoms with E-state index in [9.17, 15) is 9.18 Å². The smallest absolute Gasteiger partial charge is 0.251 e. The zero-order valence-corrected chi connectivity index (χ0v) is 10.6. The molecule has 1 unspecified atom stereocenters. The Kier molecular flexibility index (Phi) is 4.31. The molecule has 0 aromatic heterocycles. The highest BCUT2D eigenvalue weighted by molar-refractivity contribution is 5.95. The molecule has 0 radical (unpaired) electrons. The molecule has 1 aliphatic rings. The number of benzene rings is 1. The van der Waals surface area contributed by atoms with E-state index in [1.807, 2.05) is 6.92 Å². The summed E-state index contributed by atoms with van der Waals surface area (Å²) in [5.41, 5.74) is 1.23. The maximum absolute atomic E-state index is 13.1. The second-order valence-corrected chi connectivity index (χ2v) is 4.88. The average molecular weight is 250 g/mol. The second-order valence-electron chi connectivity index (χ2n) is 4.88. The first kappa shape index (κ1) is 13.0. The molecule has 1 aliphatic heterocycles. The highest BCUT2D eigenvalue weighted by Crippen LogP contribution is 2.12. The Balaban J connectivity index is 1.92. The predicted molar refractivity (Wildman–Crippen MR) is 69.1 cm³/mol. The molecule has 1 saturated heterocycles. The highest BCUT2D eigenvalue weighted by Gasteiger charge is 2.15. The number of halogens is 1. The molecule has 4 heteroatoms. The largest absolute Gasteiger partial charge is 0.352 e. The monoisotopic (exact) mass is 250 g/mol. The SMILES string of the molecule is Cc1ccc(F)cc1C(=O)NCC1CCCNC1. The van der Waals surface area contributed by atoms with Gasteiger partial charge in [0, 0.05) is 12.1 Å². The van der Waals surface area contributed by atoms with Crippen molar-refractivity contribution in [2.45, 2.75) is 19.8 Å². The number of carbonyl (C=O) groups is 1. The third-order valence-corrected chi connectivity index (χ3v) is 3.39. The Labute approximate surface area is 107 Å². The number of aryl methyl sites for hydroxylation is 1. The normalized spacial score (nSPS) is 19.6. The number of rotatable bonds is 3. The maximum atomic E-state index is 13.1. The summed E-state index contributed by atoms with van der Waals surface area (Å²) in [6.07, 6.45) is 2.29. The van der Waals surface area contributed by atoms with Gasteiger partial charge in [-0.25, -0.2) is 4.39 Å². The van der Waals surface area contributed by atoms with Crippen molar-refractivity contribution >= 4 is 5.91 Å². The molecule has 2 rings (SSSR count). The summed E-state index contributed by atoms with van der Waals surface area (Å²) >= 11 is 0. The van der Waals surface area contributed by atoms with Gasteiger partial charge in [-0.05, 0) is 56.5 Å². The van der Waals surface area contributed by atoms with Crippen molar-refractivity contribution in [2.24, 2.45) is 5.92 Å². The molecule has 0 spiro atoms. The summed E-state index contributed by atoms with van der Waals surface area (Å²) in [4.78, 5) is 12.0. The Morgan fingerprint density at radius 3 is 3.11 bits per heavy atom. The number of carbonyl (C=O) groups excluding carboxylic acids is 1. The Morgan fingerprint density at radius 2 is 2.39 bits per heavy atom. The molecule has 1 aromatic carbocycles. The van der Waals surface area contributed by atoms with Crippen molar-refractivity contribution in [1.82, 2.24) is 10.6 Å². The van der Waals surface area contributed by atoms with Crippen LogP contribution in [-0.2, 0) is 0 Å². The van der Waals surface area contributed by atoms with E-state index in [1.54, 1.807) is 6.07 Å². The molecule has 1 aromatic rings. The topological polar surface area (TPSA) is 41.1 Å². The molecule has 18 heavy (non-hydrogen) atoms. The van der Waals surface area contributed by atoms with E-state index in [4.69, 9.17) is 0 Å². The van der Waals surface area contributed by atoms with Crippen LogP contribution in [0.25, 0.3) is 0 Å². The van der Waals surface area contributed by atoms with Gasteiger partial charge in [0.25, 0.3) is 5.91 Å². The second kappa shape index (κ2) is 5.96. The van der Waals surface area contributed by atoms with E-state index in [1.165, 1.54) is 12.1 Å². The zero-order valence-electron chi connectivity index (χ0n) is 10.6. The van der Waals surface area contributed by atoms with Crippen molar-refractivity contribution in [3.63, 3.8) is 0 Å². The maximum Gasteiger partial charge on any atom is 0.251 e. The first-order valence-electron chi connectivity index (χ1n) is 6.42. The molecule has 0 bridgehead atoms. The van der Waals surface area contributed by atoms with Crippen LogP contribution in [0.4, 0.5) is 4.39 Å². The van der Waals surface area contributed by atoms with Crippen molar-refractivity contribution in [3.05, 3.63) is 35.1 Å². The first-order chi connectivity index (χ1) is 8.66. The molecule has 1 heterocycles. The summed E-state index contributed by atoms with van der Waals surface area (Å²) in [5, 5.41) is 6.20. The Morgan fingerprint density at radius 1 is 1.56 bits per heavy atom. The van der Waals surface area contributed by atoms with Crippen LogP contribution in [0.1, 0.15) is 28.8 Å². The Hall–Kier alpha value is -1.42. The van der Waals surface area contributed by atoms with Crippen LogP contribution in [0.2, 0.25) is 0 Å². The molecule has 1 amide bonds. The van der Waals surface area contributed by atoms with Gasteiger partial charge in [-0.2, -0.15) is 0 Å². The third kappa shape index (κ3) is 3.29. The average Bonchev–Trinajstić information content (AvgIpc) is 2.40. The molecule has 3 nitrogen and oxygen atoms in total. The summed E-state index contributed by atoms with van der Waals surface area (Å²) in [6, 6.07) is 4.30. The number of amides is 1. The minimum Gasteiger partial charge on any atom is -0.352 e. The van der Waals surface area contributed by atoms with Crippen LogP contribution in [0.15, 0.2) is 18.2 Å². The van der Waals surface area contributed by atoms with E-state index in [0.29, 0.717) is 18.0 Å². The molecule has 0 saturated carbocycles. The van der Waals surface area contributed by atoms with E-state index >= 15 is 0 Å². The van der Waals surface area contributed by atoms with Crippen LogP contribution >= 0.6 is 0 Å². The van der Waals surface area contributed by atoms with Crippen LogP contribution in [-0.4, -0.2) is 25.5 Å². The number of piperidine rings is 1. The first-order valence-corrected chi connectivity index (χ1v) is 6.42. The zero-order chi connectivity index (χ0) is 13.0. The summed E-state index contributed by atoms with van der Waals surface area (Å²) in [7, 11) is 0. The van der Waals surface area contributed by atoms with Gasteiger partial charge in [0.15, 0.2) is 0 Å². The fraction of sp³-hybridized carbons (Fsp3) is 0.500. The van der Waals surface area contributed by atoms with Gasteiger partial charge in [-0.3, -0.25) is 4.79 Å².